The molecule has 0 heterocycles. The van der Waals surface area contributed by atoms with E-state index in [1.807, 2.05) is 31.0 Å². The number of hydrogen-bond donors (Lipinski definition) is 1. The van der Waals surface area contributed by atoms with Gasteiger partial charge in [0.05, 0.1) is 5.69 Å². The highest BCUT2D eigenvalue weighted by Gasteiger charge is 2.25. The molecule has 1 rings (SSSR count). The Balaban J connectivity index is 3.04. The smallest absolute Gasteiger partial charge is 0.146 e. The van der Waals surface area contributed by atoms with Crippen LogP contribution in [0.3, 0.4) is 0 Å². The van der Waals surface area contributed by atoms with Gasteiger partial charge in [-0.3, -0.25) is 0 Å². The van der Waals surface area contributed by atoms with Crippen LogP contribution in [0.15, 0.2) is 18.2 Å². The number of hydrogen-bond acceptors (Lipinski definition) is 2. The van der Waals surface area contributed by atoms with Crippen LogP contribution in [-0.4, -0.2) is 13.1 Å². The minimum Gasteiger partial charge on any atom is -0.369 e. The Morgan fingerprint density at radius 1 is 1.22 bits per heavy atom. The van der Waals surface area contributed by atoms with Crippen LogP contribution < -0.4 is 10.6 Å². The average Bonchev–Trinajstić information content (AvgIpc) is 2.25. The van der Waals surface area contributed by atoms with Crippen LogP contribution in [0.4, 0.5) is 10.1 Å². The molecule has 0 aliphatic heterocycles. The van der Waals surface area contributed by atoms with Crippen LogP contribution in [0, 0.1) is 11.2 Å². The van der Waals surface area contributed by atoms with Crippen molar-refractivity contribution < 1.29 is 4.39 Å². The molecule has 0 aromatic heterocycles. The highest BCUT2D eigenvalue weighted by Crippen LogP contribution is 2.29. The van der Waals surface area contributed by atoms with Gasteiger partial charge in [-0.1, -0.05) is 26.8 Å². The highest BCUT2D eigenvalue weighted by molar-refractivity contribution is 5.50. The van der Waals surface area contributed by atoms with Crippen molar-refractivity contribution in [3.05, 3.63) is 29.6 Å². The van der Waals surface area contributed by atoms with Gasteiger partial charge >= 0.3 is 0 Å². The van der Waals surface area contributed by atoms with E-state index in [0.717, 1.165) is 5.56 Å². The third kappa shape index (κ3) is 3.22. The molecule has 0 aliphatic carbocycles. The van der Waals surface area contributed by atoms with Crippen molar-refractivity contribution in [2.45, 2.75) is 46.7 Å². The molecule has 2 atom stereocenters. The van der Waals surface area contributed by atoms with E-state index in [0.29, 0.717) is 5.69 Å². The first-order valence-corrected chi connectivity index (χ1v) is 6.42. The molecule has 18 heavy (non-hydrogen) atoms. The van der Waals surface area contributed by atoms with Crippen molar-refractivity contribution in [3.63, 3.8) is 0 Å². The van der Waals surface area contributed by atoms with E-state index in [2.05, 4.69) is 27.7 Å². The summed E-state index contributed by atoms with van der Waals surface area (Å²) in [5.74, 6) is -0.205. The molecule has 1 unspecified atom stereocenters. The molecule has 2 N–H and O–H groups in total. The number of benzene rings is 1. The maximum Gasteiger partial charge on any atom is 0.146 e. The maximum atomic E-state index is 14.1. The summed E-state index contributed by atoms with van der Waals surface area (Å²) < 4.78 is 14.1. The van der Waals surface area contributed by atoms with E-state index in [4.69, 9.17) is 5.73 Å². The second-order valence-corrected chi connectivity index (χ2v) is 6.15. The van der Waals surface area contributed by atoms with E-state index in [1.54, 1.807) is 0 Å². The first kappa shape index (κ1) is 15.0. The largest absolute Gasteiger partial charge is 0.369 e. The summed E-state index contributed by atoms with van der Waals surface area (Å²) in [5, 5.41) is 0. The Morgan fingerprint density at radius 3 is 2.17 bits per heavy atom. The van der Waals surface area contributed by atoms with Crippen LogP contribution >= 0.6 is 0 Å². The van der Waals surface area contributed by atoms with E-state index in [-0.39, 0.29) is 23.3 Å². The van der Waals surface area contributed by atoms with Gasteiger partial charge in [0, 0.05) is 19.1 Å². The van der Waals surface area contributed by atoms with Gasteiger partial charge in [0.15, 0.2) is 0 Å². The summed E-state index contributed by atoms with van der Waals surface area (Å²) in [6.45, 7) is 10.4. The second-order valence-electron chi connectivity index (χ2n) is 6.15. The van der Waals surface area contributed by atoms with Crippen molar-refractivity contribution in [3.8, 4) is 0 Å². The third-order valence-electron chi connectivity index (χ3n) is 3.71. The number of nitrogens with zero attached hydrogens (tertiary/aromatic N) is 1. The predicted octanol–water partition coefficient (Wildman–Crippen LogP) is 3.72. The lowest BCUT2D eigenvalue weighted by Gasteiger charge is -2.37. The lowest BCUT2D eigenvalue weighted by atomic mass is 9.87. The third-order valence-corrected chi connectivity index (χ3v) is 3.71. The molecular weight excluding hydrogens is 227 g/mol. The van der Waals surface area contributed by atoms with E-state index < -0.39 is 0 Å². The van der Waals surface area contributed by atoms with Crippen LogP contribution in [-0.2, 0) is 0 Å². The van der Waals surface area contributed by atoms with Gasteiger partial charge in [-0.25, -0.2) is 4.39 Å². The zero-order valence-electron chi connectivity index (χ0n) is 12.3. The van der Waals surface area contributed by atoms with Gasteiger partial charge in [0.25, 0.3) is 0 Å². The zero-order chi connectivity index (χ0) is 14.1. The number of nitrogens with two attached hydrogens (primary N) is 1. The quantitative estimate of drug-likeness (QED) is 0.888. The Bertz CT molecular complexity index is 407. The summed E-state index contributed by atoms with van der Waals surface area (Å²) in [7, 11) is 1.93. The van der Waals surface area contributed by atoms with Gasteiger partial charge in [0.1, 0.15) is 5.82 Å². The molecular formula is C15H25FN2. The monoisotopic (exact) mass is 252 g/mol. The summed E-state index contributed by atoms with van der Waals surface area (Å²) in [5.41, 5.74) is 7.31. The van der Waals surface area contributed by atoms with E-state index in [9.17, 15) is 4.39 Å². The maximum absolute atomic E-state index is 14.1. The van der Waals surface area contributed by atoms with E-state index in [1.165, 1.54) is 6.07 Å². The minimum atomic E-state index is -0.205. The Kier molecular flexibility index (Phi) is 4.38. The predicted molar refractivity (Wildman–Crippen MR) is 76.3 cm³/mol. The summed E-state index contributed by atoms with van der Waals surface area (Å²) in [4.78, 5) is 1.99. The topological polar surface area (TPSA) is 29.3 Å². The first-order chi connectivity index (χ1) is 8.14. The number of rotatable bonds is 3. The van der Waals surface area contributed by atoms with Gasteiger partial charge in [-0.15, -0.1) is 0 Å². The van der Waals surface area contributed by atoms with Gasteiger partial charge in [0.2, 0.25) is 0 Å². The van der Waals surface area contributed by atoms with Crippen molar-refractivity contribution in [1.29, 1.82) is 0 Å². The molecule has 0 saturated heterocycles. The lowest BCUT2D eigenvalue weighted by Crippen LogP contribution is -2.39. The molecule has 102 valence electrons. The molecule has 2 nitrogen and oxygen atoms in total. The van der Waals surface area contributed by atoms with E-state index >= 15 is 0 Å². The van der Waals surface area contributed by atoms with Crippen molar-refractivity contribution in [2.24, 2.45) is 11.1 Å². The van der Waals surface area contributed by atoms with Crippen molar-refractivity contribution in [1.82, 2.24) is 0 Å². The summed E-state index contributed by atoms with van der Waals surface area (Å²) >= 11 is 0. The molecule has 0 amide bonds. The zero-order valence-corrected chi connectivity index (χ0v) is 12.3. The normalized spacial score (nSPS) is 15.3. The van der Waals surface area contributed by atoms with Crippen molar-refractivity contribution >= 4 is 5.69 Å². The average molecular weight is 252 g/mol. The van der Waals surface area contributed by atoms with Gasteiger partial charge in [-0.05, 0) is 37.0 Å². The van der Waals surface area contributed by atoms with Crippen LogP contribution in [0.5, 0.6) is 0 Å². The summed E-state index contributed by atoms with van der Waals surface area (Å²) in [6, 6.07) is 5.35. The molecule has 1 aromatic carbocycles. The number of anilines is 1. The molecule has 0 saturated carbocycles. The molecule has 0 fully saturated rings. The molecule has 0 radical (unpaired) electrons. The Hall–Kier alpha value is -1.09. The molecule has 1 aromatic rings. The fraction of sp³-hybridized carbons (Fsp3) is 0.600. The van der Waals surface area contributed by atoms with Crippen molar-refractivity contribution in [2.75, 3.05) is 11.9 Å². The Labute approximate surface area is 110 Å². The Morgan fingerprint density at radius 2 is 1.78 bits per heavy atom. The van der Waals surface area contributed by atoms with Gasteiger partial charge < -0.3 is 10.6 Å². The van der Waals surface area contributed by atoms with Crippen LogP contribution in [0.2, 0.25) is 0 Å². The first-order valence-electron chi connectivity index (χ1n) is 6.42. The van der Waals surface area contributed by atoms with Crippen LogP contribution in [0.25, 0.3) is 0 Å². The van der Waals surface area contributed by atoms with Gasteiger partial charge in [-0.2, -0.15) is 0 Å². The standard InChI is InChI=1S/C15H25FN2/c1-10(17)12-7-8-14(13(16)9-12)18(6)11(2)15(3,4)5/h7-11H,17H2,1-6H3/t10-,11?/m0/s1. The van der Waals surface area contributed by atoms with Crippen LogP contribution in [0.1, 0.15) is 46.2 Å². The molecule has 0 aliphatic rings. The highest BCUT2D eigenvalue weighted by atomic mass is 19.1. The lowest BCUT2D eigenvalue weighted by molar-refractivity contribution is 0.328. The fourth-order valence-corrected chi connectivity index (χ4v) is 1.88. The summed E-state index contributed by atoms with van der Waals surface area (Å²) in [6.07, 6.45) is 0. The molecule has 0 spiro atoms. The number of halogens is 1. The molecule has 0 bridgehead atoms. The second kappa shape index (κ2) is 5.27. The minimum absolute atomic E-state index is 0.0982. The molecule has 3 heteroatoms. The fourth-order valence-electron chi connectivity index (χ4n) is 1.88. The SMILES string of the molecule is CC(N(C)c1ccc([C@H](C)N)cc1F)C(C)(C)C.